The van der Waals surface area contributed by atoms with Crippen LogP contribution in [-0.2, 0) is 43.3 Å². The number of nitrogens with zero attached hydrogens (tertiary/aromatic N) is 5. The van der Waals surface area contributed by atoms with Crippen molar-refractivity contribution in [3.05, 3.63) is 263 Å². The largest absolute Gasteiger partial charge is 0.453 e. The number of hydrogen-bond donors (Lipinski definition) is 0. The van der Waals surface area contributed by atoms with E-state index in [1.54, 1.807) is 0 Å². The van der Waals surface area contributed by atoms with Crippen LogP contribution in [0.2, 0.25) is 0 Å². The lowest BCUT2D eigenvalue weighted by molar-refractivity contribution is 0.477. The van der Waals surface area contributed by atoms with E-state index < -0.39 is 0 Å². The van der Waals surface area contributed by atoms with Crippen LogP contribution in [0, 0.1) is 0 Å². The summed E-state index contributed by atoms with van der Waals surface area (Å²) in [5.41, 5.74) is 28.3. The SMILES string of the molecule is CC(C)(C)c1cc(N(c2cc(C(C)(C)C)cc(C(C)(C)C)c2)c2cc3c4c(c2)N(c2cc(C(C)(C)C)cc(C(C)(C)C)c2)c2cc(N5c6ccccc6Oc6ccccc65)ccc2B4c2ccc(N4c5ccccc5Oc5ccccc54)cc2N3c2cc(C(C)(C)C)cc(C(C)(C)C)c2)cc(C(C)(C)C)c1. The monoisotopic (exact) mass is 1400 g/mol. The van der Waals surface area contributed by atoms with Crippen molar-refractivity contribution in [2.24, 2.45) is 0 Å². The van der Waals surface area contributed by atoms with Gasteiger partial charge in [-0.1, -0.05) is 251 Å². The van der Waals surface area contributed by atoms with Gasteiger partial charge < -0.3 is 34.0 Å². The van der Waals surface area contributed by atoms with Gasteiger partial charge in [-0.15, -0.1) is 0 Å². The molecule has 4 aliphatic heterocycles. The van der Waals surface area contributed by atoms with Crippen LogP contribution in [0.4, 0.5) is 85.3 Å². The van der Waals surface area contributed by atoms with E-state index in [0.717, 1.165) is 108 Å². The lowest BCUT2D eigenvalue weighted by Gasteiger charge is -2.46. The highest BCUT2D eigenvalue weighted by Gasteiger charge is 2.47. The summed E-state index contributed by atoms with van der Waals surface area (Å²) in [5, 5.41) is 0. The third-order valence-electron chi connectivity index (χ3n) is 22.3. The van der Waals surface area contributed by atoms with Crippen molar-refractivity contribution in [3.63, 3.8) is 0 Å². The smallest absolute Gasteiger partial charge is 0.252 e. The molecule has 0 N–H and O–H groups in total. The van der Waals surface area contributed by atoms with E-state index in [4.69, 9.17) is 9.47 Å². The Morgan fingerprint density at radius 2 is 0.462 bits per heavy atom. The van der Waals surface area contributed by atoms with Crippen molar-refractivity contribution in [1.82, 2.24) is 0 Å². The molecule has 0 aliphatic carbocycles. The van der Waals surface area contributed by atoms with Crippen LogP contribution in [0.1, 0.15) is 211 Å². The first-order chi connectivity index (χ1) is 49.6. The maximum atomic E-state index is 6.79. The fourth-order valence-corrected chi connectivity index (χ4v) is 15.8. The van der Waals surface area contributed by atoms with Gasteiger partial charge in [-0.25, -0.2) is 0 Å². The van der Waals surface area contributed by atoms with Crippen LogP contribution in [-0.4, -0.2) is 6.71 Å². The van der Waals surface area contributed by atoms with Crippen LogP contribution >= 0.6 is 0 Å². The van der Waals surface area contributed by atoms with Crippen LogP contribution in [0.5, 0.6) is 23.0 Å². The zero-order valence-electron chi connectivity index (χ0n) is 67.4. The van der Waals surface area contributed by atoms with Gasteiger partial charge in [-0.05, 0) is 238 Å². The topological polar surface area (TPSA) is 34.7 Å². The molecule has 0 atom stereocenters. The average Bonchev–Trinajstić information content (AvgIpc) is 0.688. The predicted octanol–water partition coefficient (Wildman–Crippen LogP) is 26.8. The summed E-state index contributed by atoms with van der Waals surface area (Å²) in [7, 11) is 0. The standard InChI is InChI=1S/C98H108BN5O2/c1-91(2,3)61-45-62(92(4,5)6)50-71(49-61)100(72-51-63(93(7,8)9)46-64(52-72)94(10,11)12)75-59-84-90-85(60-75)104(74-55-67(97(19,20)21)48-68(56-74)98(22,23)24)83-58-70(102-80-35-27-31-39-88(80)106-89-40-32-28-36-81(89)102)42-44-77(83)99(90)76-43-41-69(101-78-33-25-29-37-86(78)105-87-38-30-26-34-79(87)101)57-82(76)103(84)73-53-65(95(13,14)15)47-66(54-73)96(16,17)18/h25-60H,1-24H3. The first-order valence-corrected chi connectivity index (χ1v) is 38.4. The second kappa shape index (κ2) is 24.8. The highest BCUT2D eigenvalue weighted by Crippen LogP contribution is 2.57. The summed E-state index contributed by atoms with van der Waals surface area (Å²) in [4.78, 5) is 12.8. The van der Waals surface area contributed by atoms with Gasteiger partial charge in [0.2, 0.25) is 0 Å². The van der Waals surface area contributed by atoms with E-state index in [1.807, 2.05) is 0 Å². The fraction of sp³-hybridized carbons (Fsp3) is 0.327. The van der Waals surface area contributed by atoms with Crippen molar-refractivity contribution in [2.45, 2.75) is 209 Å². The van der Waals surface area contributed by atoms with Crippen molar-refractivity contribution < 1.29 is 9.47 Å². The summed E-state index contributed by atoms with van der Waals surface area (Å²) in [6.45, 7) is 56.6. The summed E-state index contributed by atoms with van der Waals surface area (Å²) < 4.78 is 13.6. The fourth-order valence-electron chi connectivity index (χ4n) is 15.8. The highest BCUT2D eigenvalue weighted by molar-refractivity contribution is 7.00. The third-order valence-corrected chi connectivity index (χ3v) is 22.3. The lowest BCUT2D eigenvalue weighted by Crippen LogP contribution is -2.61. The summed E-state index contributed by atoms with van der Waals surface area (Å²) in [6, 6.07) is 83.8. The molecule has 540 valence electrons. The zero-order chi connectivity index (χ0) is 75.7. The molecule has 0 bridgehead atoms. The number of benzene rings is 11. The number of fused-ring (bicyclic) bond motifs is 8. The lowest BCUT2D eigenvalue weighted by atomic mass is 9.33. The Balaban J connectivity index is 1.15. The van der Waals surface area contributed by atoms with E-state index in [9.17, 15) is 0 Å². The highest BCUT2D eigenvalue weighted by atomic mass is 16.5. The second-order valence-corrected chi connectivity index (χ2v) is 38.6. The summed E-state index contributed by atoms with van der Waals surface area (Å²) >= 11 is 0. The maximum Gasteiger partial charge on any atom is 0.252 e. The molecule has 0 saturated heterocycles. The number of hydrogen-bond acceptors (Lipinski definition) is 7. The molecular formula is C98H108BN5O2. The average molecular weight is 1400 g/mol. The van der Waals surface area contributed by atoms with Crippen LogP contribution in [0.15, 0.2) is 218 Å². The molecule has 11 aromatic carbocycles. The molecule has 0 amide bonds. The Morgan fingerprint density at radius 1 is 0.226 bits per heavy atom. The van der Waals surface area contributed by atoms with E-state index >= 15 is 0 Å². The number of para-hydroxylation sites is 8. The molecule has 8 heteroatoms. The normalized spacial score (nSPS) is 14.3. The first-order valence-electron chi connectivity index (χ1n) is 38.4. The molecule has 4 heterocycles. The minimum atomic E-state index is -0.268. The Kier molecular flexibility index (Phi) is 16.8. The van der Waals surface area contributed by atoms with Gasteiger partial charge in [0.15, 0.2) is 23.0 Å². The second-order valence-electron chi connectivity index (χ2n) is 38.6. The van der Waals surface area contributed by atoms with Crippen LogP contribution < -0.4 is 50.4 Å². The number of rotatable bonds is 7. The molecule has 0 aromatic heterocycles. The van der Waals surface area contributed by atoms with Crippen molar-refractivity contribution in [2.75, 3.05) is 24.5 Å². The molecule has 0 radical (unpaired) electrons. The molecular weight excluding hydrogens is 1290 g/mol. The van der Waals surface area contributed by atoms with E-state index in [-0.39, 0.29) is 50.0 Å². The Hall–Kier alpha value is -9.92. The quantitative estimate of drug-likeness (QED) is 0.147. The van der Waals surface area contributed by atoms with Crippen LogP contribution in [0.25, 0.3) is 0 Å². The van der Waals surface area contributed by atoms with Crippen LogP contribution in [0.3, 0.4) is 0 Å². The van der Waals surface area contributed by atoms with Crippen molar-refractivity contribution >= 4 is 108 Å². The Morgan fingerprint density at radius 3 is 0.726 bits per heavy atom. The van der Waals surface area contributed by atoms with Crippen molar-refractivity contribution in [1.29, 1.82) is 0 Å². The van der Waals surface area contributed by atoms with Gasteiger partial charge in [0.1, 0.15) is 0 Å². The van der Waals surface area contributed by atoms with Gasteiger partial charge in [0, 0.05) is 56.9 Å². The minimum absolute atomic E-state index is 0.189. The van der Waals surface area contributed by atoms with E-state index in [2.05, 4.69) is 409 Å². The first kappa shape index (κ1) is 71.7. The molecule has 7 nitrogen and oxygen atoms in total. The van der Waals surface area contributed by atoms with Gasteiger partial charge in [-0.3, -0.25) is 0 Å². The molecule has 0 spiro atoms. The maximum absolute atomic E-state index is 6.79. The van der Waals surface area contributed by atoms with E-state index in [0.29, 0.717) is 0 Å². The molecule has 4 aliphatic rings. The Labute approximate surface area is 634 Å². The molecule has 0 fully saturated rings. The molecule has 11 aromatic rings. The summed E-state index contributed by atoms with van der Waals surface area (Å²) in [6.07, 6.45) is 0. The minimum Gasteiger partial charge on any atom is -0.453 e. The molecule has 106 heavy (non-hydrogen) atoms. The number of ether oxygens (including phenoxy) is 2. The summed E-state index contributed by atoms with van der Waals surface area (Å²) in [5.74, 6) is 3.25. The molecule has 0 saturated carbocycles. The van der Waals surface area contributed by atoms with E-state index in [1.165, 1.54) is 60.9 Å². The van der Waals surface area contributed by atoms with Gasteiger partial charge in [-0.2, -0.15) is 0 Å². The van der Waals surface area contributed by atoms with Gasteiger partial charge in [0.05, 0.1) is 28.4 Å². The third kappa shape index (κ3) is 12.8. The Bertz CT molecular complexity index is 4790. The van der Waals surface area contributed by atoms with Gasteiger partial charge >= 0.3 is 0 Å². The predicted molar refractivity (Wildman–Crippen MR) is 454 cm³/mol. The zero-order valence-corrected chi connectivity index (χ0v) is 67.4. The van der Waals surface area contributed by atoms with Gasteiger partial charge in [0.25, 0.3) is 6.71 Å². The van der Waals surface area contributed by atoms with Crippen molar-refractivity contribution in [3.8, 4) is 23.0 Å². The molecule has 0 unspecified atom stereocenters. The molecule has 15 rings (SSSR count). The number of anilines is 15.